The lowest BCUT2D eigenvalue weighted by molar-refractivity contribution is -0.139. The number of rotatable bonds is 1. The molecule has 74 valence electrons. The van der Waals surface area contributed by atoms with E-state index in [2.05, 4.69) is 25.8 Å². The molecule has 0 radical (unpaired) electrons. The molecule has 1 aromatic rings. The third kappa shape index (κ3) is 1.79. The Morgan fingerprint density at radius 1 is 1.46 bits per heavy atom. The zero-order chi connectivity index (χ0) is 10.2. The van der Waals surface area contributed by atoms with Gasteiger partial charge in [-0.15, -0.1) is 5.10 Å². The summed E-state index contributed by atoms with van der Waals surface area (Å²) in [7, 11) is 2.53. The minimum atomic E-state index is -4.46. The van der Waals surface area contributed by atoms with Crippen LogP contribution in [0.4, 0.5) is 13.2 Å². The summed E-state index contributed by atoms with van der Waals surface area (Å²) in [4.78, 5) is 0. The highest BCUT2D eigenvalue weighted by molar-refractivity contribution is 9.10. The van der Waals surface area contributed by atoms with Crippen LogP contribution >= 0.6 is 15.9 Å². The van der Waals surface area contributed by atoms with Crippen molar-refractivity contribution in [2.45, 2.75) is 6.18 Å². The van der Waals surface area contributed by atoms with Crippen LogP contribution in [0.15, 0.2) is 4.60 Å². The molecule has 0 aliphatic rings. The first-order valence-electron chi connectivity index (χ1n) is 3.21. The quantitative estimate of drug-likeness (QED) is 0.773. The molecule has 0 aromatic carbocycles. The molecule has 0 saturated carbocycles. The summed E-state index contributed by atoms with van der Waals surface area (Å²) in [6, 6.07) is 0. The first kappa shape index (κ1) is 10.4. The Hall–Kier alpha value is -0.720. The van der Waals surface area contributed by atoms with Gasteiger partial charge < -0.3 is 4.74 Å². The molecule has 0 unspecified atom stereocenters. The Morgan fingerprint density at radius 2 is 2.00 bits per heavy atom. The number of hydrogen-bond acceptors (Lipinski definition) is 2. The SMILES string of the molecule is COc1nn(C)c(Br)c1C(F)(F)F. The largest absolute Gasteiger partial charge is 0.479 e. The van der Waals surface area contributed by atoms with E-state index >= 15 is 0 Å². The summed E-state index contributed by atoms with van der Waals surface area (Å²) < 4.78 is 42.4. The number of methoxy groups -OCH3 is 1. The van der Waals surface area contributed by atoms with Gasteiger partial charge in [0.1, 0.15) is 4.60 Å². The molecule has 0 amide bonds. The van der Waals surface area contributed by atoms with E-state index in [0.717, 1.165) is 11.8 Å². The fraction of sp³-hybridized carbons (Fsp3) is 0.500. The van der Waals surface area contributed by atoms with E-state index in [0.29, 0.717) is 0 Å². The van der Waals surface area contributed by atoms with E-state index in [1.807, 2.05) is 0 Å². The molecule has 1 rings (SSSR count). The van der Waals surface area contributed by atoms with Crippen LogP contribution in [0.25, 0.3) is 0 Å². The maximum atomic E-state index is 12.3. The summed E-state index contributed by atoms with van der Waals surface area (Å²) in [6.07, 6.45) is -4.46. The van der Waals surface area contributed by atoms with Crippen molar-refractivity contribution in [3.05, 3.63) is 10.2 Å². The van der Waals surface area contributed by atoms with E-state index in [1.54, 1.807) is 0 Å². The topological polar surface area (TPSA) is 27.1 Å². The molecule has 3 nitrogen and oxygen atoms in total. The minimum Gasteiger partial charge on any atom is -0.479 e. The standard InChI is InChI=1S/C6H6BrF3N2O/c1-12-4(7)3(6(8,9)10)5(11-12)13-2/h1-2H3. The second-order valence-corrected chi connectivity index (χ2v) is 3.05. The van der Waals surface area contributed by atoms with Crippen LogP contribution in [0.3, 0.4) is 0 Å². The Balaban J connectivity index is 3.33. The predicted octanol–water partition coefficient (Wildman–Crippen LogP) is 2.21. The Kier molecular flexibility index (Phi) is 2.56. The Bertz CT molecular complexity index is 320. The lowest BCUT2D eigenvalue weighted by Gasteiger charge is -2.05. The van der Waals surface area contributed by atoms with E-state index in [4.69, 9.17) is 0 Å². The van der Waals surface area contributed by atoms with E-state index in [9.17, 15) is 13.2 Å². The fourth-order valence-electron chi connectivity index (χ4n) is 0.861. The van der Waals surface area contributed by atoms with Gasteiger partial charge >= 0.3 is 6.18 Å². The van der Waals surface area contributed by atoms with Gasteiger partial charge in [-0.25, -0.2) is 0 Å². The van der Waals surface area contributed by atoms with Gasteiger partial charge in [0, 0.05) is 7.05 Å². The Labute approximate surface area is 80.6 Å². The third-order valence-electron chi connectivity index (χ3n) is 1.42. The van der Waals surface area contributed by atoms with Gasteiger partial charge in [-0.3, -0.25) is 4.68 Å². The van der Waals surface area contributed by atoms with Gasteiger partial charge in [-0.2, -0.15) is 13.2 Å². The first-order valence-corrected chi connectivity index (χ1v) is 4.01. The molecule has 0 aliphatic heterocycles. The highest BCUT2D eigenvalue weighted by Crippen LogP contribution is 2.40. The van der Waals surface area contributed by atoms with Crippen LogP contribution in [0.1, 0.15) is 5.56 Å². The van der Waals surface area contributed by atoms with Crippen molar-refractivity contribution in [2.24, 2.45) is 7.05 Å². The molecule has 1 aromatic heterocycles. The summed E-state index contributed by atoms with van der Waals surface area (Å²) in [5, 5.41) is 3.52. The second kappa shape index (κ2) is 3.21. The number of alkyl halides is 3. The van der Waals surface area contributed by atoms with Crippen molar-refractivity contribution in [3.63, 3.8) is 0 Å². The molecule has 0 bridgehead atoms. The normalized spacial score (nSPS) is 11.8. The second-order valence-electron chi connectivity index (χ2n) is 2.30. The van der Waals surface area contributed by atoms with E-state index in [-0.39, 0.29) is 4.60 Å². The van der Waals surface area contributed by atoms with Crippen LogP contribution < -0.4 is 4.74 Å². The van der Waals surface area contributed by atoms with Crippen LogP contribution in [-0.4, -0.2) is 16.9 Å². The predicted molar refractivity (Wildman–Crippen MR) is 42.5 cm³/mol. The number of halogens is 4. The molecule has 0 N–H and O–H groups in total. The van der Waals surface area contributed by atoms with Crippen molar-refractivity contribution in [3.8, 4) is 5.88 Å². The van der Waals surface area contributed by atoms with Crippen molar-refractivity contribution in [1.29, 1.82) is 0 Å². The molecule has 1 heterocycles. The molecular weight excluding hydrogens is 253 g/mol. The van der Waals surface area contributed by atoms with Gasteiger partial charge in [-0.1, -0.05) is 0 Å². The highest BCUT2D eigenvalue weighted by Gasteiger charge is 2.40. The average molecular weight is 259 g/mol. The lowest BCUT2D eigenvalue weighted by Crippen LogP contribution is -2.06. The van der Waals surface area contributed by atoms with E-state index < -0.39 is 17.6 Å². The lowest BCUT2D eigenvalue weighted by atomic mass is 10.3. The molecule has 0 aliphatic carbocycles. The Morgan fingerprint density at radius 3 is 2.31 bits per heavy atom. The summed E-state index contributed by atoms with van der Waals surface area (Å²) >= 11 is 2.78. The summed E-state index contributed by atoms with van der Waals surface area (Å²) in [5.41, 5.74) is -0.891. The number of ether oxygens (including phenoxy) is 1. The van der Waals surface area contributed by atoms with Gasteiger partial charge in [-0.05, 0) is 15.9 Å². The number of aromatic nitrogens is 2. The van der Waals surface area contributed by atoms with Gasteiger partial charge in [0.05, 0.1) is 7.11 Å². The number of nitrogens with zero attached hydrogens (tertiary/aromatic N) is 2. The molecule has 0 spiro atoms. The third-order valence-corrected chi connectivity index (χ3v) is 2.33. The van der Waals surface area contributed by atoms with Crippen molar-refractivity contribution in [1.82, 2.24) is 9.78 Å². The van der Waals surface area contributed by atoms with Crippen molar-refractivity contribution < 1.29 is 17.9 Å². The molecule has 0 fully saturated rings. The maximum absolute atomic E-state index is 12.3. The summed E-state index contributed by atoms with van der Waals surface area (Å²) in [6.45, 7) is 0. The van der Waals surface area contributed by atoms with Crippen molar-refractivity contribution in [2.75, 3.05) is 7.11 Å². The molecule has 0 atom stereocenters. The van der Waals surface area contributed by atoms with Crippen LogP contribution in [-0.2, 0) is 13.2 Å². The molecule has 13 heavy (non-hydrogen) atoms. The van der Waals surface area contributed by atoms with Crippen LogP contribution in [0.5, 0.6) is 5.88 Å². The zero-order valence-electron chi connectivity index (χ0n) is 6.81. The zero-order valence-corrected chi connectivity index (χ0v) is 8.40. The monoisotopic (exact) mass is 258 g/mol. The van der Waals surface area contributed by atoms with Crippen LogP contribution in [0, 0.1) is 0 Å². The molecular formula is C6H6BrF3N2O. The van der Waals surface area contributed by atoms with Gasteiger partial charge in [0.2, 0.25) is 5.88 Å². The number of hydrogen-bond donors (Lipinski definition) is 0. The van der Waals surface area contributed by atoms with Gasteiger partial charge in [0.15, 0.2) is 5.56 Å². The highest BCUT2D eigenvalue weighted by atomic mass is 79.9. The smallest absolute Gasteiger partial charge is 0.424 e. The maximum Gasteiger partial charge on any atom is 0.424 e. The summed E-state index contributed by atoms with van der Waals surface area (Å²) in [5.74, 6) is -0.429. The first-order chi connectivity index (χ1) is 5.88. The molecule has 0 saturated heterocycles. The van der Waals surface area contributed by atoms with E-state index in [1.165, 1.54) is 7.05 Å². The van der Waals surface area contributed by atoms with Crippen molar-refractivity contribution >= 4 is 15.9 Å². The number of aryl methyl sites for hydroxylation is 1. The van der Waals surface area contributed by atoms with Crippen LogP contribution in [0.2, 0.25) is 0 Å². The average Bonchev–Trinajstić information content (AvgIpc) is 2.26. The minimum absolute atomic E-state index is 0.142. The van der Waals surface area contributed by atoms with Gasteiger partial charge in [0.25, 0.3) is 0 Å². The fourth-order valence-corrected chi connectivity index (χ4v) is 1.33. The molecule has 7 heteroatoms.